The molecule has 1 nitrogen and oxygen atoms in total. The summed E-state index contributed by atoms with van der Waals surface area (Å²) in [4.78, 5) is 3.16. The fourth-order valence-corrected chi connectivity index (χ4v) is 0.959. The Kier molecular flexibility index (Phi) is 5.18. The topological polar surface area (TPSA) is 15.8 Å². The highest BCUT2D eigenvalue weighted by Gasteiger charge is 1.87. The summed E-state index contributed by atoms with van der Waals surface area (Å²) in [7, 11) is 0. The minimum Gasteiger partial charge on any atom is -0.361 e. The average Bonchev–Trinajstić information content (AvgIpc) is 2.41. The van der Waals surface area contributed by atoms with Gasteiger partial charge >= 0.3 is 0 Å². The Morgan fingerprint density at radius 3 is 2.42 bits per heavy atom. The highest BCUT2D eigenvalue weighted by Crippen LogP contribution is 1.78. The van der Waals surface area contributed by atoms with Gasteiger partial charge in [-0.3, -0.25) is 0 Å². The van der Waals surface area contributed by atoms with E-state index in [4.69, 9.17) is 0 Å². The van der Waals surface area contributed by atoms with Crippen LogP contribution < -0.4 is 10.6 Å². The first-order valence-corrected chi connectivity index (χ1v) is 4.58. The van der Waals surface area contributed by atoms with Gasteiger partial charge in [-0.1, -0.05) is 33.4 Å². The van der Waals surface area contributed by atoms with Crippen LogP contribution in [0.25, 0.3) is 12.7 Å². The average molecular weight is 165 g/mol. The lowest BCUT2D eigenvalue weighted by molar-refractivity contribution is 1.23. The zero-order valence-electron chi connectivity index (χ0n) is 8.57. The highest BCUT2D eigenvalue weighted by atomic mass is 14.6. The van der Waals surface area contributed by atoms with Crippen molar-refractivity contribution in [3.8, 4) is 0 Å². The molecule has 0 saturated heterocycles. The van der Waals surface area contributed by atoms with Crippen molar-refractivity contribution in [2.24, 2.45) is 0 Å². The molecule has 1 aromatic heterocycles. The summed E-state index contributed by atoms with van der Waals surface area (Å²) < 4.78 is 0. The van der Waals surface area contributed by atoms with Crippen molar-refractivity contribution in [1.29, 1.82) is 0 Å². The SMILES string of the molecule is C=c1c(C)c[nH]/c1=C/CC.CC. The molecule has 0 fully saturated rings. The molecular weight excluding hydrogens is 146 g/mol. The lowest BCUT2D eigenvalue weighted by atomic mass is 10.3. The molecule has 0 atom stereocenters. The molecule has 0 spiro atoms. The van der Waals surface area contributed by atoms with Gasteiger partial charge in [-0.15, -0.1) is 0 Å². The van der Waals surface area contributed by atoms with Crippen molar-refractivity contribution >= 4 is 12.7 Å². The van der Waals surface area contributed by atoms with Crippen molar-refractivity contribution < 1.29 is 0 Å². The first-order chi connectivity index (χ1) is 5.75. The van der Waals surface area contributed by atoms with Crippen LogP contribution in [0.1, 0.15) is 32.8 Å². The van der Waals surface area contributed by atoms with E-state index in [1.807, 2.05) is 20.0 Å². The third kappa shape index (κ3) is 2.57. The van der Waals surface area contributed by atoms with E-state index in [-0.39, 0.29) is 0 Å². The normalized spacial score (nSPS) is 10.8. The number of aromatic nitrogens is 1. The predicted octanol–water partition coefficient (Wildman–Crippen LogP) is 1.95. The third-order valence-electron chi connectivity index (χ3n) is 1.65. The smallest absolute Gasteiger partial charge is 0.0410 e. The Morgan fingerprint density at radius 1 is 1.50 bits per heavy atom. The van der Waals surface area contributed by atoms with E-state index in [2.05, 4.69) is 31.5 Å². The molecule has 0 aliphatic heterocycles. The van der Waals surface area contributed by atoms with Gasteiger partial charge in [-0.05, 0) is 24.1 Å². The zero-order valence-corrected chi connectivity index (χ0v) is 8.57. The van der Waals surface area contributed by atoms with Gasteiger partial charge in [0.2, 0.25) is 0 Å². The number of hydrogen-bond donors (Lipinski definition) is 1. The maximum absolute atomic E-state index is 3.94. The van der Waals surface area contributed by atoms with Gasteiger partial charge in [0.15, 0.2) is 0 Å². The monoisotopic (exact) mass is 165 g/mol. The lowest BCUT2D eigenvalue weighted by Crippen LogP contribution is -2.21. The first kappa shape index (κ1) is 11.0. The van der Waals surface area contributed by atoms with E-state index in [9.17, 15) is 0 Å². The quantitative estimate of drug-likeness (QED) is 0.654. The van der Waals surface area contributed by atoms with Gasteiger partial charge in [0.1, 0.15) is 0 Å². The van der Waals surface area contributed by atoms with E-state index in [1.165, 1.54) is 10.9 Å². The molecule has 12 heavy (non-hydrogen) atoms. The van der Waals surface area contributed by atoms with E-state index in [0.717, 1.165) is 11.6 Å². The van der Waals surface area contributed by atoms with Gasteiger partial charge in [0.25, 0.3) is 0 Å². The van der Waals surface area contributed by atoms with Crippen LogP contribution >= 0.6 is 0 Å². The summed E-state index contributed by atoms with van der Waals surface area (Å²) in [5, 5.41) is 2.29. The van der Waals surface area contributed by atoms with Gasteiger partial charge in [-0.2, -0.15) is 0 Å². The second kappa shape index (κ2) is 5.64. The molecule has 68 valence electrons. The number of aromatic amines is 1. The van der Waals surface area contributed by atoms with Crippen LogP contribution in [0.4, 0.5) is 0 Å². The Morgan fingerprint density at radius 2 is 2.08 bits per heavy atom. The minimum absolute atomic E-state index is 1.06. The van der Waals surface area contributed by atoms with Crippen LogP contribution in [-0.2, 0) is 0 Å². The molecule has 0 bridgehead atoms. The van der Waals surface area contributed by atoms with Crippen molar-refractivity contribution in [3.63, 3.8) is 0 Å². The first-order valence-electron chi connectivity index (χ1n) is 4.58. The van der Waals surface area contributed by atoms with Crippen molar-refractivity contribution in [1.82, 2.24) is 4.98 Å². The fourth-order valence-electron chi connectivity index (χ4n) is 0.959. The van der Waals surface area contributed by atoms with Crippen molar-refractivity contribution in [2.75, 3.05) is 0 Å². The third-order valence-corrected chi connectivity index (χ3v) is 1.65. The molecule has 1 heterocycles. The summed E-state index contributed by atoms with van der Waals surface area (Å²) in [6.45, 7) is 12.1. The molecule has 0 saturated carbocycles. The van der Waals surface area contributed by atoms with E-state index < -0.39 is 0 Å². The second-order valence-electron chi connectivity index (χ2n) is 2.48. The maximum Gasteiger partial charge on any atom is 0.0410 e. The Balaban J connectivity index is 0.000000561. The van der Waals surface area contributed by atoms with E-state index in [1.54, 1.807) is 0 Å². The number of hydrogen-bond acceptors (Lipinski definition) is 0. The molecule has 0 aliphatic rings. The molecule has 0 aromatic carbocycles. The molecular formula is C11H19N. The number of nitrogens with one attached hydrogen (secondary N) is 1. The van der Waals surface area contributed by atoms with E-state index in [0.29, 0.717) is 0 Å². The summed E-state index contributed by atoms with van der Waals surface area (Å²) in [6.07, 6.45) is 5.20. The fraction of sp³-hybridized carbons (Fsp3) is 0.455. The van der Waals surface area contributed by atoms with Crippen molar-refractivity contribution in [3.05, 3.63) is 22.3 Å². The molecule has 1 rings (SSSR count). The number of rotatable bonds is 1. The van der Waals surface area contributed by atoms with Crippen LogP contribution in [-0.4, -0.2) is 4.98 Å². The standard InChI is InChI=1S/C9H13N.C2H6/c1-4-5-9-8(3)7(2)6-10-9;1-2/h5-6,10H,3-4H2,1-2H3;1-2H3/b9-5+;. The van der Waals surface area contributed by atoms with Crippen LogP contribution in [0.2, 0.25) is 0 Å². The Labute approximate surface area is 74.8 Å². The highest BCUT2D eigenvalue weighted by molar-refractivity contribution is 5.25. The summed E-state index contributed by atoms with van der Waals surface area (Å²) in [5.74, 6) is 0. The minimum atomic E-state index is 1.06. The van der Waals surface area contributed by atoms with Crippen molar-refractivity contribution in [2.45, 2.75) is 34.1 Å². The summed E-state index contributed by atoms with van der Waals surface area (Å²) in [5.41, 5.74) is 1.24. The van der Waals surface area contributed by atoms with Gasteiger partial charge in [-0.25, -0.2) is 0 Å². The molecule has 1 N–H and O–H groups in total. The molecule has 0 radical (unpaired) electrons. The molecule has 1 heteroatoms. The van der Waals surface area contributed by atoms with Gasteiger partial charge < -0.3 is 4.98 Å². The van der Waals surface area contributed by atoms with E-state index >= 15 is 0 Å². The maximum atomic E-state index is 3.94. The molecule has 1 aromatic rings. The van der Waals surface area contributed by atoms with Gasteiger partial charge in [0.05, 0.1) is 0 Å². The van der Waals surface area contributed by atoms with Crippen LogP contribution in [0.15, 0.2) is 6.20 Å². The predicted molar refractivity (Wildman–Crippen MR) is 56.4 cm³/mol. The summed E-state index contributed by atoms with van der Waals surface area (Å²) in [6, 6.07) is 0. The Bertz CT molecular complexity index is 306. The molecule has 0 aliphatic carbocycles. The lowest BCUT2D eigenvalue weighted by Gasteiger charge is -1.77. The van der Waals surface area contributed by atoms with Crippen LogP contribution in [0, 0.1) is 6.92 Å². The molecule has 0 amide bonds. The van der Waals surface area contributed by atoms with Crippen LogP contribution in [0.5, 0.6) is 0 Å². The number of aryl methyl sites for hydroxylation is 1. The number of H-pyrrole nitrogens is 1. The summed E-state index contributed by atoms with van der Waals surface area (Å²) >= 11 is 0. The molecule has 0 unspecified atom stereocenters. The largest absolute Gasteiger partial charge is 0.361 e. The Hall–Kier alpha value is -0.980. The zero-order chi connectivity index (χ0) is 9.56. The second-order valence-corrected chi connectivity index (χ2v) is 2.48. The van der Waals surface area contributed by atoms with Gasteiger partial charge in [0, 0.05) is 11.5 Å². The van der Waals surface area contributed by atoms with Crippen LogP contribution in [0.3, 0.4) is 0 Å².